The van der Waals surface area contributed by atoms with E-state index in [-0.39, 0.29) is 5.91 Å². The highest BCUT2D eigenvalue weighted by molar-refractivity contribution is 5.76. The molecule has 1 unspecified atom stereocenters. The average molecular weight is 364 g/mol. The van der Waals surface area contributed by atoms with E-state index >= 15 is 0 Å². The molecule has 1 aromatic heterocycles. The van der Waals surface area contributed by atoms with Crippen molar-refractivity contribution < 1.29 is 4.79 Å². The lowest BCUT2D eigenvalue weighted by molar-refractivity contribution is -0.132. The van der Waals surface area contributed by atoms with E-state index in [2.05, 4.69) is 29.1 Å². The van der Waals surface area contributed by atoms with E-state index in [1.807, 2.05) is 29.3 Å². The lowest BCUT2D eigenvalue weighted by atomic mass is 9.97. The third-order valence-corrected chi connectivity index (χ3v) is 5.77. The Morgan fingerprint density at radius 3 is 2.89 bits per heavy atom. The van der Waals surface area contributed by atoms with Crippen LogP contribution >= 0.6 is 0 Å². The number of fused-ring (bicyclic) bond motifs is 1. The molecule has 5 nitrogen and oxygen atoms in total. The van der Waals surface area contributed by atoms with Crippen LogP contribution in [0.2, 0.25) is 0 Å². The van der Waals surface area contributed by atoms with E-state index in [0.29, 0.717) is 18.9 Å². The maximum atomic E-state index is 12.6. The number of likely N-dealkylation sites (tertiary alicyclic amines) is 1. The van der Waals surface area contributed by atoms with Crippen molar-refractivity contribution in [2.45, 2.75) is 44.6 Å². The van der Waals surface area contributed by atoms with Gasteiger partial charge in [-0.25, -0.2) is 9.97 Å². The monoisotopic (exact) mass is 364 g/mol. The Morgan fingerprint density at radius 1 is 1.22 bits per heavy atom. The summed E-state index contributed by atoms with van der Waals surface area (Å²) in [6.45, 7) is 3.62. The Bertz CT molecular complexity index is 792. The second-order valence-corrected chi connectivity index (χ2v) is 7.85. The largest absolute Gasteiger partial charge is 0.338 e. The number of aromatic nitrogens is 2. The van der Waals surface area contributed by atoms with Gasteiger partial charge in [-0.1, -0.05) is 30.3 Å². The summed E-state index contributed by atoms with van der Waals surface area (Å²) in [6, 6.07) is 10.2. The smallest absolute Gasteiger partial charge is 0.223 e. The van der Waals surface area contributed by atoms with Crippen LogP contribution in [0.4, 0.5) is 0 Å². The van der Waals surface area contributed by atoms with Gasteiger partial charge in [0.05, 0.1) is 5.69 Å². The first kappa shape index (κ1) is 18.1. The molecular weight excluding hydrogens is 336 g/mol. The third-order valence-electron chi connectivity index (χ3n) is 5.77. The highest BCUT2D eigenvalue weighted by Gasteiger charge is 2.25. The zero-order valence-corrected chi connectivity index (χ0v) is 16.1. The fourth-order valence-electron chi connectivity index (χ4n) is 4.17. The van der Waals surface area contributed by atoms with Gasteiger partial charge in [-0.2, -0.15) is 0 Å². The molecule has 2 aliphatic rings. The summed E-state index contributed by atoms with van der Waals surface area (Å²) in [5, 5.41) is 0. The van der Waals surface area contributed by atoms with Crippen LogP contribution in [0.3, 0.4) is 0 Å². The second-order valence-electron chi connectivity index (χ2n) is 7.85. The van der Waals surface area contributed by atoms with Crippen molar-refractivity contribution in [3.63, 3.8) is 0 Å². The van der Waals surface area contributed by atoms with Crippen LogP contribution in [0.15, 0.2) is 36.5 Å². The minimum absolute atomic E-state index is 0.225. The minimum Gasteiger partial charge on any atom is -0.338 e. The number of rotatable bonds is 4. The fraction of sp³-hybridized carbons (Fsp3) is 0.500. The number of benzene rings is 1. The molecule has 1 amide bonds. The third kappa shape index (κ3) is 4.35. The maximum absolute atomic E-state index is 12.6. The van der Waals surface area contributed by atoms with E-state index in [1.165, 1.54) is 24.9 Å². The van der Waals surface area contributed by atoms with Crippen molar-refractivity contribution >= 4 is 5.91 Å². The number of piperidine rings is 1. The fourth-order valence-corrected chi connectivity index (χ4v) is 4.17. The van der Waals surface area contributed by atoms with E-state index in [9.17, 15) is 4.79 Å². The van der Waals surface area contributed by atoms with Crippen LogP contribution < -0.4 is 0 Å². The molecule has 3 heterocycles. The van der Waals surface area contributed by atoms with Gasteiger partial charge in [0, 0.05) is 50.2 Å². The number of nitrogens with zero attached hydrogens (tertiary/aromatic N) is 4. The van der Waals surface area contributed by atoms with Crippen molar-refractivity contribution in [2.75, 3.05) is 26.7 Å². The van der Waals surface area contributed by atoms with E-state index in [0.717, 1.165) is 43.0 Å². The van der Waals surface area contributed by atoms with Crippen molar-refractivity contribution in [2.24, 2.45) is 0 Å². The summed E-state index contributed by atoms with van der Waals surface area (Å²) < 4.78 is 0. The second kappa shape index (κ2) is 8.17. The molecule has 0 radical (unpaired) electrons. The lowest BCUT2D eigenvalue weighted by Crippen LogP contribution is -2.37. The van der Waals surface area contributed by atoms with Crippen LogP contribution in [-0.4, -0.2) is 52.4 Å². The SMILES string of the molecule is CN1CCCC(c2ncc3c(n2)CCN(C(=O)CCc2ccccc2)C3)C1. The number of hydrogen-bond donors (Lipinski definition) is 0. The van der Waals surface area contributed by atoms with Crippen molar-refractivity contribution in [3.8, 4) is 0 Å². The molecule has 0 bridgehead atoms. The molecule has 0 saturated carbocycles. The summed E-state index contributed by atoms with van der Waals surface area (Å²) in [5.41, 5.74) is 3.47. The van der Waals surface area contributed by atoms with Gasteiger partial charge in [0.2, 0.25) is 5.91 Å². The van der Waals surface area contributed by atoms with Crippen molar-refractivity contribution in [3.05, 3.63) is 59.2 Å². The van der Waals surface area contributed by atoms with Crippen molar-refractivity contribution in [1.82, 2.24) is 19.8 Å². The molecule has 5 heteroatoms. The van der Waals surface area contributed by atoms with Gasteiger partial charge in [-0.05, 0) is 38.4 Å². The van der Waals surface area contributed by atoms with Gasteiger partial charge < -0.3 is 9.80 Å². The number of hydrogen-bond acceptors (Lipinski definition) is 4. The Labute approximate surface area is 161 Å². The number of carbonyl (C=O) groups excluding carboxylic acids is 1. The molecular formula is C22H28N4O. The molecule has 1 fully saturated rings. The Morgan fingerprint density at radius 2 is 2.07 bits per heavy atom. The average Bonchev–Trinajstić information content (AvgIpc) is 2.72. The van der Waals surface area contributed by atoms with Crippen molar-refractivity contribution in [1.29, 1.82) is 0 Å². The van der Waals surface area contributed by atoms with Gasteiger partial charge in [-0.15, -0.1) is 0 Å². The van der Waals surface area contributed by atoms with E-state index in [1.54, 1.807) is 0 Å². The zero-order chi connectivity index (χ0) is 18.6. The van der Waals surface area contributed by atoms with E-state index < -0.39 is 0 Å². The zero-order valence-electron chi connectivity index (χ0n) is 16.1. The number of likely N-dealkylation sites (N-methyl/N-ethyl adjacent to an activating group) is 1. The van der Waals surface area contributed by atoms with Crippen LogP contribution in [0, 0.1) is 0 Å². The predicted molar refractivity (Wildman–Crippen MR) is 105 cm³/mol. The Balaban J connectivity index is 1.37. The minimum atomic E-state index is 0.225. The summed E-state index contributed by atoms with van der Waals surface area (Å²) in [5.74, 6) is 1.66. The first-order valence-corrected chi connectivity index (χ1v) is 10.0. The maximum Gasteiger partial charge on any atom is 0.223 e. The van der Waals surface area contributed by atoms with Crippen LogP contribution in [0.5, 0.6) is 0 Å². The molecule has 2 aliphatic heterocycles. The molecule has 1 saturated heterocycles. The molecule has 0 spiro atoms. The molecule has 27 heavy (non-hydrogen) atoms. The molecule has 0 aliphatic carbocycles. The highest BCUT2D eigenvalue weighted by atomic mass is 16.2. The highest BCUT2D eigenvalue weighted by Crippen LogP contribution is 2.25. The van der Waals surface area contributed by atoms with Crippen LogP contribution in [0.1, 0.15) is 47.8 Å². The summed E-state index contributed by atoms with van der Waals surface area (Å²) in [4.78, 5) is 26.5. The van der Waals surface area contributed by atoms with Crippen LogP contribution in [0.25, 0.3) is 0 Å². The van der Waals surface area contributed by atoms with Gasteiger partial charge in [0.1, 0.15) is 5.82 Å². The van der Waals surface area contributed by atoms with Gasteiger partial charge in [0.15, 0.2) is 0 Å². The quantitative estimate of drug-likeness (QED) is 0.837. The summed E-state index contributed by atoms with van der Waals surface area (Å²) in [7, 11) is 2.17. The first-order chi connectivity index (χ1) is 13.2. The topological polar surface area (TPSA) is 49.3 Å². The molecule has 0 N–H and O–H groups in total. The normalized spacial score (nSPS) is 20.3. The lowest BCUT2D eigenvalue weighted by Gasteiger charge is -2.31. The molecule has 4 rings (SSSR count). The van der Waals surface area contributed by atoms with E-state index in [4.69, 9.17) is 4.98 Å². The predicted octanol–water partition coefficient (Wildman–Crippen LogP) is 2.80. The van der Waals surface area contributed by atoms with Crippen LogP contribution in [-0.2, 0) is 24.2 Å². The first-order valence-electron chi connectivity index (χ1n) is 10.0. The summed E-state index contributed by atoms with van der Waals surface area (Å²) >= 11 is 0. The van der Waals surface area contributed by atoms with Gasteiger partial charge in [0.25, 0.3) is 0 Å². The van der Waals surface area contributed by atoms with Gasteiger partial charge in [-0.3, -0.25) is 4.79 Å². The number of aryl methyl sites for hydroxylation is 1. The molecule has 1 atom stereocenters. The molecule has 2 aromatic rings. The summed E-state index contributed by atoms with van der Waals surface area (Å²) in [6.07, 6.45) is 6.55. The molecule has 1 aromatic carbocycles. The molecule has 142 valence electrons. The number of carbonyl (C=O) groups is 1. The standard InChI is InChI=1S/C22H28N4O/c1-25-12-5-8-18(15-25)22-23-14-19-16-26(13-11-20(19)24-22)21(27)10-9-17-6-3-2-4-7-17/h2-4,6-7,14,18H,5,8-13,15-16H2,1H3. The Kier molecular flexibility index (Phi) is 5.48. The number of amides is 1. The Hall–Kier alpha value is -2.27. The van der Waals surface area contributed by atoms with Gasteiger partial charge >= 0.3 is 0 Å².